The van der Waals surface area contributed by atoms with Gasteiger partial charge in [0.05, 0.1) is 28.0 Å². The van der Waals surface area contributed by atoms with Crippen molar-refractivity contribution < 1.29 is 4.79 Å². The average Bonchev–Trinajstić information content (AvgIpc) is 2.64. The zero-order chi connectivity index (χ0) is 13.8. The second-order valence-corrected chi connectivity index (χ2v) is 6.13. The van der Waals surface area contributed by atoms with Crippen LogP contribution in [0.1, 0.15) is 11.4 Å². The van der Waals surface area contributed by atoms with Gasteiger partial charge in [-0.25, -0.2) is 0 Å². The first-order valence-electron chi connectivity index (χ1n) is 5.95. The summed E-state index contributed by atoms with van der Waals surface area (Å²) in [6.45, 7) is 1.93. The number of hydrogen-bond donors (Lipinski definition) is 0. The highest BCUT2D eigenvalue weighted by Gasteiger charge is 2.14. The van der Waals surface area contributed by atoms with Gasteiger partial charge in [0.25, 0.3) is 0 Å². The van der Waals surface area contributed by atoms with Crippen molar-refractivity contribution >= 4 is 33.5 Å². The number of carbonyl (C=O) groups is 1. The van der Waals surface area contributed by atoms with Crippen LogP contribution in [0.4, 0.5) is 0 Å². The molecule has 0 aliphatic carbocycles. The highest BCUT2D eigenvalue weighted by atomic mass is 79.9. The van der Waals surface area contributed by atoms with Crippen LogP contribution in [0.25, 0.3) is 0 Å². The molecule has 0 atom stereocenters. The molecule has 2 rings (SSSR count). The van der Waals surface area contributed by atoms with E-state index >= 15 is 0 Å². The van der Waals surface area contributed by atoms with Gasteiger partial charge in [-0.2, -0.15) is 5.10 Å². The second kappa shape index (κ2) is 6.39. The van der Waals surface area contributed by atoms with Gasteiger partial charge in [0.1, 0.15) is 5.78 Å². The molecule has 0 saturated carbocycles. The molecule has 1 aromatic carbocycles. The van der Waals surface area contributed by atoms with Crippen LogP contribution in [-0.2, 0) is 18.3 Å². The number of aromatic nitrogens is 2. The first-order chi connectivity index (χ1) is 9.08. The van der Waals surface area contributed by atoms with E-state index in [2.05, 4.69) is 21.0 Å². The van der Waals surface area contributed by atoms with E-state index < -0.39 is 0 Å². The van der Waals surface area contributed by atoms with Crippen LogP contribution in [0.5, 0.6) is 0 Å². The summed E-state index contributed by atoms with van der Waals surface area (Å²) in [4.78, 5) is 13.1. The zero-order valence-electron chi connectivity index (χ0n) is 10.9. The highest BCUT2D eigenvalue weighted by molar-refractivity contribution is 9.10. The molecule has 3 nitrogen and oxygen atoms in total. The Morgan fingerprint density at radius 2 is 2.05 bits per heavy atom. The molecule has 0 N–H and O–H groups in total. The van der Waals surface area contributed by atoms with Crippen LogP contribution in [-0.4, -0.2) is 21.3 Å². The van der Waals surface area contributed by atoms with Crippen LogP contribution in [0, 0.1) is 6.92 Å². The molecular weight excluding hydrogens is 324 g/mol. The summed E-state index contributed by atoms with van der Waals surface area (Å²) >= 11 is 5.05. The fourth-order valence-corrected chi connectivity index (χ4v) is 3.05. The van der Waals surface area contributed by atoms with E-state index in [4.69, 9.17) is 0 Å². The number of hydrogen-bond acceptors (Lipinski definition) is 3. The molecule has 100 valence electrons. The summed E-state index contributed by atoms with van der Waals surface area (Å²) in [5.74, 6) is 0.693. The number of benzene rings is 1. The predicted molar refractivity (Wildman–Crippen MR) is 81.5 cm³/mol. The topological polar surface area (TPSA) is 34.9 Å². The second-order valence-electron chi connectivity index (χ2n) is 4.29. The van der Waals surface area contributed by atoms with Crippen molar-refractivity contribution in [3.8, 4) is 0 Å². The summed E-state index contributed by atoms with van der Waals surface area (Å²) in [5.41, 5.74) is 1.86. The van der Waals surface area contributed by atoms with Gasteiger partial charge in [0, 0.05) is 11.9 Å². The molecule has 5 heteroatoms. The van der Waals surface area contributed by atoms with Crippen molar-refractivity contribution in [2.45, 2.75) is 18.2 Å². The van der Waals surface area contributed by atoms with E-state index in [1.165, 1.54) is 0 Å². The van der Waals surface area contributed by atoms with Crippen LogP contribution in [0.2, 0.25) is 0 Å². The van der Waals surface area contributed by atoms with E-state index in [1.54, 1.807) is 16.4 Å². The number of halogens is 1. The van der Waals surface area contributed by atoms with Crippen LogP contribution in [0.15, 0.2) is 39.7 Å². The lowest BCUT2D eigenvalue weighted by Crippen LogP contribution is -2.10. The summed E-state index contributed by atoms with van der Waals surface area (Å²) in [6, 6.07) is 9.97. The van der Waals surface area contributed by atoms with Crippen LogP contribution in [0.3, 0.4) is 0 Å². The fourth-order valence-electron chi connectivity index (χ4n) is 1.79. The van der Waals surface area contributed by atoms with Crippen molar-refractivity contribution in [2.24, 2.45) is 7.05 Å². The monoisotopic (exact) mass is 338 g/mol. The van der Waals surface area contributed by atoms with Gasteiger partial charge in [0.2, 0.25) is 0 Å². The minimum absolute atomic E-state index is 0.206. The zero-order valence-corrected chi connectivity index (χ0v) is 13.3. The lowest BCUT2D eigenvalue weighted by molar-refractivity contribution is -0.116. The van der Waals surface area contributed by atoms with Crippen LogP contribution >= 0.6 is 27.7 Å². The Kier molecular flexibility index (Phi) is 4.82. The van der Waals surface area contributed by atoms with Crippen molar-refractivity contribution in [3.05, 3.63) is 46.2 Å². The number of ketones is 1. The van der Waals surface area contributed by atoms with Crippen molar-refractivity contribution in [1.82, 2.24) is 9.78 Å². The molecule has 0 saturated heterocycles. The number of thioether (sulfide) groups is 1. The number of nitrogens with zero attached hydrogens (tertiary/aromatic N) is 2. The third-order valence-electron chi connectivity index (χ3n) is 2.77. The molecule has 19 heavy (non-hydrogen) atoms. The van der Waals surface area contributed by atoms with Gasteiger partial charge < -0.3 is 0 Å². The maximum Gasteiger partial charge on any atom is 0.149 e. The normalized spacial score (nSPS) is 10.7. The molecule has 0 unspecified atom stereocenters. The number of rotatable bonds is 5. The molecule has 0 spiro atoms. The van der Waals surface area contributed by atoms with Gasteiger partial charge in [0.15, 0.2) is 0 Å². The number of carbonyl (C=O) groups excluding carboxylic acids is 1. The van der Waals surface area contributed by atoms with Crippen LogP contribution < -0.4 is 0 Å². The van der Waals surface area contributed by atoms with Gasteiger partial charge in [-0.1, -0.05) is 18.2 Å². The first-order valence-corrected chi connectivity index (χ1v) is 7.73. The summed E-state index contributed by atoms with van der Waals surface area (Å²) < 4.78 is 2.71. The maximum atomic E-state index is 12.0. The number of Topliss-reactive ketones (excluding diaryl/α,β-unsaturated/α-hetero) is 1. The Labute approximate surface area is 125 Å². The van der Waals surface area contributed by atoms with E-state index in [0.29, 0.717) is 12.2 Å². The van der Waals surface area contributed by atoms with Gasteiger partial charge in [-0.3, -0.25) is 9.48 Å². The summed E-state index contributed by atoms with van der Waals surface area (Å²) in [6.07, 6.45) is 0.414. The van der Waals surface area contributed by atoms with Crippen molar-refractivity contribution in [3.63, 3.8) is 0 Å². The van der Waals surface area contributed by atoms with Crippen molar-refractivity contribution in [2.75, 3.05) is 5.75 Å². The quantitative estimate of drug-likeness (QED) is 0.783. The van der Waals surface area contributed by atoms with E-state index in [1.807, 2.05) is 44.3 Å². The Bertz CT molecular complexity index is 581. The standard InChI is InChI=1S/C14H15BrN2OS/c1-10-14(15)13(17(2)16-10)8-11(18)9-19-12-6-4-3-5-7-12/h3-7H,8-9H2,1-2H3. The Hall–Kier alpha value is -1.07. The van der Waals surface area contributed by atoms with Crippen molar-refractivity contribution in [1.29, 1.82) is 0 Å². The predicted octanol–water partition coefficient (Wildman–Crippen LogP) is 3.39. The Balaban J connectivity index is 1.95. The highest BCUT2D eigenvalue weighted by Crippen LogP contribution is 2.22. The molecule has 0 amide bonds. The molecule has 0 aliphatic heterocycles. The third kappa shape index (κ3) is 3.70. The molecule has 2 aromatic rings. The first kappa shape index (κ1) is 14.3. The minimum atomic E-state index is 0.206. The van der Waals surface area contributed by atoms with E-state index in [0.717, 1.165) is 20.8 Å². The molecule has 0 radical (unpaired) electrons. The largest absolute Gasteiger partial charge is 0.298 e. The number of aryl methyl sites for hydroxylation is 2. The lowest BCUT2D eigenvalue weighted by atomic mass is 10.2. The minimum Gasteiger partial charge on any atom is -0.298 e. The summed E-state index contributed by atoms with van der Waals surface area (Å²) in [5, 5.41) is 4.29. The smallest absolute Gasteiger partial charge is 0.149 e. The molecule has 0 aliphatic rings. The third-order valence-corrected chi connectivity index (χ3v) is 4.87. The lowest BCUT2D eigenvalue weighted by Gasteiger charge is -2.03. The van der Waals surface area contributed by atoms with E-state index in [9.17, 15) is 4.79 Å². The maximum absolute atomic E-state index is 12.0. The fraction of sp³-hybridized carbons (Fsp3) is 0.286. The Morgan fingerprint density at radius 1 is 1.37 bits per heavy atom. The van der Waals surface area contributed by atoms with Gasteiger partial charge in [-0.05, 0) is 35.0 Å². The van der Waals surface area contributed by atoms with Gasteiger partial charge >= 0.3 is 0 Å². The molecular formula is C14H15BrN2OS. The Morgan fingerprint density at radius 3 is 2.63 bits per heavy atom. The van der Waals surface area contributed by atoms with Gasteiger partial charge in [-0.15, -0.1) is 11.8 Å². The molecule has 1 heterocycles. The molecule has 0 fully saturated rings. The van der Waals surface area contributed by atoms with E-state index in [-0.39, 0.29) is 5.78 Å². The summed E-state index contributed by atoms with van der Waals surface area (Å²) in [7, 11) is 1.87. The molecule has 0 bridgehead atoms. The average molecular weight is 339 g/mol. The molecule has 1 aromatic heterocycles. The SMILES string of the molecule is Cc1nn(C)c(CC(=O)CSc2ccccc2)c1Br.